The maximum atomic E-state index is 12.5. The molecule has 126 valence electrons. The van der Waals surface area contributed by atoms with Gasteiger partial charge in [0.05, 0.1) is 12.0 Å². The van der Waals surface area contributed by atoms with E-state index in [0.717, 1.165) is 18.7 Å². The summed E-state index contributed by atoms with van der Waals surface area (Å²) in [5, 5.41) is 6.79. The lowest BCUT2D eigenvalue weighted by atomic mass is 9.92. The highest BCUT2D eigenvalue weighted by Crippen LogP contribution is 2.37. The summed E-state index contributed by atoms with van der Waals surface area (Å²) in [4.78, 5) is 26.2. The molecule has 1 aromatic carbocycles. The molecule has 0 radical (unpaired) electrons. The number of halogens is 2. The van der Waals surface area contributed by atoms with Gasteiger partial charge in [0.25, 0.3) is 0 Å². The molecule has 23 heavy (non-hydrogen) atoms. The summed E-state index contributed by atoms with van der Waals surface area (Å²) in [6, 6.07) is 7.15. The van der Waals surface area contributed by atoms with Gasteiger partial charge >= 0.3 is 0 Å². The van der Waals surface area contributed by atoms with Crippen molar-refractivity contribution in [3.63, 3.8) is 0 Å². The van der Waals surface area contributed by atoms with E-state index in [0.29, 0.717) is 17.5 Å². The van der Waals surface area contributed by atoms with E-state index in [-0.39, 0.29) is 42.6 Å². The fraction of sp³-hybridized carbons (Fsp3) is 0.500. The zero-order valence-electron chi connectivity index (χ0n) is 12.9. The Balaban J connectivity index is 0.00000192. The molecular formula is C16H21Cl2N3O2. The number of hydrogen-bond donors (Lipinski definition) is 2. The largest absolute Gasteiger partial charge is 0.355 e. The number of nitrogens with zero attached hydrogens (tertiary/aromatic N) is 1. The first-order valence-electron chi connectivity index (χ1n) is 7.56. The number of benzene rings is 1. The number of rotatable bonds is 4. The molecule has 2 aliphatic rings. The zero-order chi connectivity index (χ0) is 15.7. The van der Waals surface area contributed by atoms with E-state index in [9.17, 15) is 9.59 Å². The van der Waals surface area contributed by atoms with Gasteiger partial charge in [-0.25, -0.2) is 0 Å². The van der Waals surface area contributed by atoms with Crippen molar-refractivity contribution in [2.75, 3.05) is 26.7 Å². The fourth-order valence-electron chi connectivity index (χ4n) is 3.12. The Morgan fingerprint density at radius 1 is 1.43 bits per heavy atom. The number of amides is 2. The van der Waals surface area contributed by atoms with Crippen molar-refractivity contribution < 1.29 is 9.59 Å². The van der Waals surface area contributed by atoms with E-state index >= 15 is 0 Å². The molecule has 2 unspecified atom stereocenters. The molecule has 5 nitrogen and oxygen atoms in total. The lowest BCUT2D eigenvalue weighted by molar-refractivity contribution is -0.128. The van der Waals surface area contributed by atoms with Crippen molar-refractivity contribution >= 4 is 35.8 Å². The van der Waals surface area contributed by atoms with Crippen molar-refractivity contribution in [1.29, 1.82) is 0 Å². The molecule has 2 heterocycles. The van der Waals surface area contributed by atoms with Gasteiger partial charge in [0.1, 0.15) is 0 Å². The van der Waals surface area contributed by atoms with Crippen LogP contribution in [0.1, 0.15) is 18.0 Å². The minimum Gasteiger partial charge on any atom is -0.355 e. The minimum atomic E-state index is -0.357. The molecule has 0 bridgehead atoms. The zero-order valence-corrected chi connectivity index (χ0v) is 14.5. The van der Waals surface area contributed by atoms with Crippen molar-refractivity contribution in [2.45, 2.75) is 12.5 Å². The summed E-state index contributed by atoms with van der Waals surface area (Å²) in [6.07, 6.45) is 0.252. The molecule has 0 saturated carbocycles. The van der Waals surface area contributed by atoms with Gasteiger partial charge in [-0.2, -0.15) is 0 Å². The highest BCUT2D eigenvalue weighted by atomic mass is 35.5. The molecule has 0 aromatic heterocycles. The molecule has 0 aliphatic carbocycles. The monoisotopic (exact) mass is 357 g/mol. The molecule has 2 aliphatic heterocycles. The maximum absolute atomic E-state index is 12.5. The second kappa shape index (κ2) is 7.51. The van der Waals surface area contributed by atoms with Gasteiger partial charge in [-0.15, -0.1) is 12.4 Å². The molecule has 2 atom stereocenters. The lowest BCUT2D eigenvalue weighted by Crippen LogP contribution is -2.49. The highest BCUT2D eigenvalue weighted by Gasteiger charge is 2.42. The number of likely N-dealkylation sites (tertiary alicyclic amines) is 1. The molecule has 2 N–H and O–H groups in total. The number of carbonyl (C=O) groups is 2. The second-order valence-electron chi connectivity index (χ2n) is 6.08. The molecule has 3 rings (SSSR count). The van der Waals surface area contributed by atoms with Crippen LogP contribution in [0.3, 0.4) is 0 Å². The third-order valence-electron chi connectivity index (χ3n) is 4.54. The Bertz CT molecular complexity index is 592. The van der Waals surface area contributed by atoms with Crippen LogP contribution in [0, 0.1) is 11.8 Å². The van der Waals surface area contributed by atoms with Crippen LogP contribution in [0.2, 0.25) is 5.02 Å². The van der Waals surface area contributed by atoms with E-state index in [1.165, 1.54) is 0 Å². The van der Waals surface area contributed by atoms with E-state index in [4.69, 9.17) is 11.6 Å². The van der Waals surface area contributed by atoms with Crippen molar-refractivity contribution in [3.8, 4) is 0 Å². The molecule has 7 heteroatoms. The Kier molecular flexibility index (Phi) is 5.89. The average Bonchev–Trinajstić information content (AvgIpc) is 2.73. The predicted molar refractivity (Wildman–Crippen MR) is 91.7 cm³/mol. The lowest BCUT2D eigenvalue weighted by Gasteiger charge is -2.29. The van der Waals surface area contributed by atoms with Gasteiger partial charge in [0.15, 0.2) is 0 Å². The topological polar surface area (TPSA) is 61.4 Å². The Hall–Kier alpha value is -1.30. The summed E-state index contributed by atoms with van der Waals surface area (Å²) in [5.41, 5.74) is 0.909. The first-order chi connectivity index (χ1) is 10.6. The van der Waals surface area contributed by atoms with Crippen LogP contribution in [0.5, 0.6) is 0 Å². The normalized spacial score (nSPS) is 24.1. The first kappa shape index (κ1) is 18.0. The molecule has 1 aromatic rings. The first-order valence-corrected chi connectivity index (χ1v) is 7.93. The minimum absolute atomic E-state index is 0. The third-order valence-corrected chi connectivity index (χ3v) is 4.78. The Morgan fingerprint density at radius 2 is 2.17 bits per heavy atom. The average molecular weight is 358 g/mol. The summed E-state index contributed by atoms with van der Waals surface area (Å²) in [5.74, 6) is 0.0948. The van der Waals surface area contributed by atoms with Crippen LogP contribution in [0.4, 0.5) is 0 Å². The van der Waals surface area contributed by atoms with Crippen LogP contribution in [0.25, 0.3) is 0 Å². The molecule has 2 amide bonds. The Labute approximate surface area is 147 Å². The third kappa shape index (κ3) is 3.79. The molecular weight excluding hydrogens is 337 g/mol. The van der Waals surface area contributed by atoms with E-state index < -0.39 is 0 Å². The maximum Gasteiger partial charge on any atom is 0.226 e. The number of hydrogen-bond acceptors (Lipinski definition) is 3. The van der Waals surface area contributed by atoms with Crippen LogP contribution in [-0.4, -0.2) is 43.4 Å². The number of nitrogens with one attached hydrogen (secondary N) is 2. The fourth-order valence-corrected chi connectivity index (χ4v) is 3.32. The summed E-state index contributed by atoms with van der Waals surface area (Å²) < 4.78 is 0. The van der Waals surface area contributed by atoms with Crippen molar-refractivity contribution in [3.05, 3.63) is 34.9 Å². The SMILES string of the molecule is CN1C(=O)CC(C(=O)NCC2CNC2)C1c1cccc(Cl)c1.Cl. The van der Waals surface area contributed by atoms with Crippen LogP contribution < -0.4 is 10.6 Å². The van der Waals surface area contributed by atoms with E-state index in [2.05, 4.69) is 10.6 Å². The Morgan fingerprint density at radius 3 is 2.78 bits per heavy atom. The summed E-state index contributed by atoms with van der Waals surface area (Å²) in [7, 11) is 1.75. The standard InChI is InChI=1S/C16H20ClN3O2.ClH/c1-20-14(21)6-13(16(22)19-9-10-7-18-8-10)15(20)11-3-2-4-12(17)5-11;/h2-5,10,13,15,18H,6-9H2,1H3,(H,19,22);1H. The van der Waals surface area contributed by atoms with Gasteiger partial charge in [0, 0.05) is 44.0 Å². The van der Waals surface area contributed by atoms with Gasteiger partial charge in [-0.3, -0.25) is 9.59 Å². The van der Waals surface area contributed by atoms with Crippen molar-refractivity contribution in [2.24, 2.45) is 11.8 Å². The van der Waals surface area contributed by atoms with Gasteiger partial charge < -0.3 is 15.5 Å². The van der Waals surface area contributed by atoms with Crippen LogP contribution in [-0.2, 0) is 9.59 Å². The van der Waals surface area contributed by atoms with Crippen LogP contribution in [0.15, 0.2) is 24.3 Å². The van der Waals surface area contributed by atoms with Crippen molar-refractivity contribution in [1.82, 2.24) is 15.5 Å². The quantitative estimate of drug-likeness (QED) is 0.860. The predicted octanol–water partition coefficient (Wildman–Crippen LogP) is 1.62. The van der Waals surface area contributed by atoms with Gasteiger partial charge in [0.2, 0.25) is 11.8 Å². The van der Waals surface area contributed by atoms with E-state index in [1.807, 2.05) is 18.2 Å². The molecule has 2 fully saturated rings. The second-order valence-corrected chi connectivity index (χ2v) is 6.52. The van der Waals surface area contributed by atoms with Gasteiger partial charge in [-0.1, -0.05) is 23.7 Å². The smallest absolute Gasteiger partial charge is 0.226 e. The summed E-state index contributed by atoms with van der Waals surface area (Å²) in [6.45, 7) is 2.56. The van der Waals surface area contributed by atoms with E-state index in [1.54, 1.807) is 18.0 Å². The highest BCUT2D eigenvalue weighted by molar-refractivity contribution is 6.30. The molecule has 0 spiro atoms. The molecule has 2 saturated heterocycles. The number of carbonyl (C=O) groups excluding carboxylic acids is 2. The van der Waals surface area contributed by atoms with Gasteiger partial charge in [-0.05, 0) is 17.7 Å². The van der Waals surface area contributed by atoms with Crippen LogP contribution >= 0.6 is 24.0 Å². The summed E-state index contributed by atoms with van der Waals surface area (Å²) >= 11 is 6.05.